The first-order valence-electron chi connectivity index (χ1n) is 8.79. The molecule has 1 fully saturated rings. The molecule has 1 saturated heterocycles. The number of H-pyrrole nitrogens is 1. The minimum absolute atomic E-state index is 0.00411. The SMILES string of the molecule is CC(Cc1c[nH]c2ccccc12)C(=O)NCCN1CCCCC1. The zero-order valence-corrected chi connectivity index (χ0v) is 14.0. The Balaban J connectivity index is 1.47. The molecule has 0 spiro atoms. The van der Waals surface area contributed by atoms with Gasteiger partial charge in [0.25, 0.3) is 0 Å². The van der Waals surface area contributed by atoms with E-state index in [1.54, 1.807) is 0 Å². The molecule has 2 aromatic rings. The Morgan fingerprint density at radius 2 is 2.04 bits per heavy atom. The summed E-state index contributed by atoms with van der Waals surface area (Å²) >= 11 is 0. The normalized spacial score (nSPS) is 17.3. The van der Waals surface area contributed by atoms with E-state index in [0.29, 0.717) is 0 Å². The van der Waals surface area contributed by atoms with Crippen LogP contribution in [0.1, 0.15) is 31.7 Å². The zero-order chi connectivity index (χ0) is 16.1. The van der Waals surface area contributed by atoms with Crippen LogP contribution < -0.4 is 5.32 Å². The topological polar surface area (TPSA) is 48.1 Å². The van der Waals surface area contributed by atoms with Crippen LogP contribution in [0.4, 0.5) is 0 Å². The zero-order valence-electron chi connectivity index (χ0n) is 14.0. The molecule has 2 heterocycles. The average Bonchev–Trinajstić information content (AvgIpc) is 2.99. The van der Waals surface area contributed by atoms with E-state index in [-0.39, 0.29) is 11.8 Å². The van der Waals surface area contributed by atoms with Crippen molar-refractivity contribution in [3.63, 3.8) is 0 Å². The number of aromatic amines is 1. The van der Waals surface area contributed by atoms with Gasteiger partial charge in [-0.3, -0.25) is 4.79 Å². The number of fused-ring (bicyclic) bond motifs is 1. The Kier molecular flexibility index (Phi) is 5.34. The van der Waals surface area contributed by atoms with Crippen LogP contribution in [-0.4, -0.2) is 42.0 Å². The van der Waals surface area contributed by atoms with Crippen molar-refractivity contribution >= 4 is 16.8 Å². The van der Waals surface area contributed by atoms with Gasteiger partial charge in [-0.05, 0) is 44.0 Å². The van der Waals surface area contributed by atoms with Crippen molar-refractivity contribution in [3.8, 4) is 0 Å². The lowest BCUT2D eigenvalue weighted by Crippen LogP contribution is -2.39. The summed E-state index contributed by atoms with van der Waals surface area (Å²) < 4.78 is 0. The van der Waals surface area contributed by atoms with E-state index >= 15 is 0 Å². The molecule has 1 unspecified atom stereocenters. The van der Waals surface area contributed by atoms with E-state index in [1.165, 1.54) is 43.3 Å². The highest BCUT2D eigenvalue weighted by Gasteiger charge is 2.16. The first kappa shape index (κ1) is 16.1. The number of aromatic nitrogens is 1. The molecule has 4 nitrogen and oxygen atoms in total. The number of hydrogen-bond acceptors (Lipinski definition) is 2. The van der Waals surface area contributed by atoms with Crippen molar-refractivity contribution in [3.05, 3.63) is 36.0 Å². The summed E-state index contributed by atoms with van der Waals surface area (Å²) in [5.41, 5.74) is 2.36. The molecule has 4 heteroatoms. The number of amides is 1. The number of benzene rings is 1. The Hall–Kier alpha value is -1.81. The summed E-state index contributed by atoms with van der Waals surface area (Å²) in [6.45, 7) is 6.11. The van der Waals surface area contributed by atoms with Gasteiger partial charge < -0.3 is 15.2 Å². The van der Waals surface area contributed by atoms with Crippen LogP contribution in [0.25, 0.3) is 10.9 Å². The van der Waals surface area contributed by atoms with Gasteiger partial charge in [0.2, 0.25) is 5.91 Å². The van der Waals surface area contributed by atoms with Crippen LogP contribution in [0.3, 0.4) is 0 Å². The average molecular weight is 313 g/mol. The summed E-state index contributed by atoms with van der Waals surface area (Å²) in [4.78, 5) is 18.0. The molecule has 0 saturated carbocycles. The van der Waals surface area contributed by atoms with E-state index in [1.807, 2.05) is 25.3 Å². The van der Waals surface area contributed by atoms with Gasteiger partial charge in [0, 0.05) is 36.1 Å². The number of para-hydroxylation sites is 1. The molecule has 1 aromatic carbocycles. The molecule has 124 valence electrons. The van der Waals surface area contributed by atoms with Crippen molar-refractivity contribution < 1.29 is 4.79 Å². The first-order chi connectivity index (χ1) is 11.2. The molecule has 0 radical (unpaired) electrons. The predicted octanol–water partition coefficient (Wildman–Crippen LogP) is 2.95. The minimum atomic E-state index is -0.00411. The third-order valence-corrected chi connectivity index (χ3v) is 4.82. The van der Waals surface area contributed by atoms with Crippen LogP contribution in [0.2, 0.25) is 0 Å². The van der Waals surface area contributed by atoms with Gasteiger partial charge in [0.15, 0.2) is 0 Å². The second-order valence-electron chi connectivity index (χ2n) is 6.66. The Morgan fingerprint density at radius 1 is 1.26 bits per heavy atom. The van der Waals surface area contributed by atoms with Crippen molar-refractivity contribution in [2.75, 3.05) is 26.2 Å². The lowest BCUT2D eigenvalue weighted by molar-refractivity contribution is -0.124. The molecule has 1 aliphatic heterocycles. The fourth-order valence-corrected chi connectivity index (χ4v) is 3.42. The fourth-order valence-electron chi connectivity index (χ4n) is 3.42. The number of rotatable bonds is 6. The Bertz CT molecular complexity index is 643. The van der Waals surface area contributed by atoms with Crippen LogP contribution in [0.15, 0.2) is 30.5 Å². The maximum absolute atomic E-state index is 12.3. The van der Waals surface area contributed by atoms with Crippen LogP contribution in [0.5, 0.6) is 0 Å². The summed E-state index contributed by atoms with van der Waals surface area (Å²) in [5, 5.41) is 4.32. The van der Waals surface area contributed by atoms with Crippen LogP contribution in [-0.2, 0) is 11.2 Å². The van der Waals surface area contributed by atoms with Gasteiger partial charge in [0.1, 0.15) is 0 Å². The summed E-state index contributed by atoms with van der Waals surface area (Å²) in [7, 11) is 0. The van der Waals surface area contributed by atoms with Crippen molar-refractivity contribution in [1.82, 2.24) is 15.2 Å². The van der Waals surface area contributed by atoms with E-state index in [0.717, 1.165) is 25.0 Å². The second kappa shape index (κ2) is 7.64. The number of hydrogen-bond donors (Lipinski definition) is 2. The third-order valence-electron chi connectivity index (χ3n) is 4.82. The molecule has 1 aromatic heterocycles. The molecule has 0 bridgehead atoms. The number of likely N-dealkylation sites (tertiary alicyclic amines) is 1. The van der Waals surface area contributed by atoms with Gasteiger partial charge in [-0.1, -0.05) is 31.5 Å². The first-order valence-corrected chi connectivity index (χ1v) is 8.79. The molecule has 1 aliphatic rings. The quantitative estimate of drug-likeness (QED) is 0.861. The van der Waals surface area contributed by atoms with Crippen molar-refractivity contribution in [2.24, 2.45) is 5.92 Å². The summed E-state index contributed by atoms with van der Waals surface area (Å²) in [5.74, 6) is 0.155. The monoisotopic (exact) mass is 313 g/mol. The molecule has 3 rings (SSSR count). The van der Waals surface area contributed by atoms with Crippen LogP contribution in [0, 0.1) is 5.92 Å². The lowest BCUT2D eigenvalue weighted by atomic mass is 10.00. The summed E-state index contributed by atoms with van der Waals surface area (Å²) in [6, 6.07) is 8.26. The minimum Gasteiger partial charge on any atom is -0.361 e. The standard InChI is InChI=1S/C19H27N3O/c1-15(13-16-14-21-18-8-4-3-7-17(16)18)19(23)20-9-12-22-10-5-2-6-11-22/h3-4,7-8,14-15,21H,2,5-6,9-13H2,1H3,(H,20,23). The van der Waals surface area contributed by atoms with E-state index in [9.17, 15) is 4.79 Å². The van der Waals surface area contributed by atoms with Gasteiger partial charge >= 0.3 is 0 Å². The molecular formula is C19H27N3O. The smallest absolute Gasteiger partial charge is 0.223 e. The van der Waals surface area contributed by atoms with Gasteiger partial charge in [-0.25, -0.2) is 0 Å². The molecule has 1 amide bonds. The number of carbonyl (C=O) groups excluding carboxylic acids is 1. The lowest BCUT2D eigenvalue weighted by Gasteiger charge is -2.26. The van der Waals surface area contributed by atoms with Crippen molar-refractivity contribution in [1.29, 1.82) is 0 Å². The van der Waals surface area contributed by atoms with E-state index in [2.05, 4.69) is 27.3 Å². The molecule has 1 atom stereocenters. The number of nitrogens with one attached hydrogen (secondary N) is 2. The number of carbonyl (C=O) groups is 1. The number of nitrogens with zero attached hydrogens (tertiary/aromatic N) is 1. The van der Waals surface area contributed by atoms with Gasteiger partial charge in [-0.15, -0.1) is 0 Å². The van der Waals surface area contributed by atoms with Crippen LogP contribution >= 0.6 is 0 Å². The highest BCUT2D eigenvalue weighted by Crippen LogP contribution is 2.20. The maximum Gasteiger partial charge on any atom is 0.223 e. The molecule has 23 heavy (non-hydrogen) atoms. The second-order valence-corrected chi connectivity index (χ2v) is 6.66. The molecular weight excluding hydrogens is 286 g/mol. The number of piperidine rings is 1. The van der Waals surface area contributed by atoms with Gasteiger partial charge in [0.05, 0.1) is 0 Å². The Morgan fingerprint density at radius 3 is 2.87 bits per heavy atom. The van der Waals surface area contributed by atoms with E-state index < -0.39 is 0 Å². The Labute approximate surface area is 138 Å². The highest BCUT2D eigenvalue weighted by molar-refractivity contribution is 5.84. The van der Waals surface area contributed by atoms with Gasteiger partial charge in [-0.2, -0.15) is 0 Å². The highest BCUT2D eigenvalue weighted by atomic mass is 16.1. The molecule has 0 aliphatic carbocycles. The van der Waals surface area contributed by atoms with E-state index in [4.69, 9.17) is 0 Å². The largest absolute Gasteiger partial charge is 0.361 e. The van der Waals surface area contributed by atoms with Crippen molar-refractivity contribution in [2.45, 2.75) is 32.6 Å². The molecule has 2 N–H and O–H groups in total. The maximum atomic E-state index is 12.3. The third kappa shape index (κ3) is 4.14. The fraction of sp³-hybridized carbons (Fsp3) is 0.526. The summed E-state index contributed by atoms with van der Waals surface area (Å²) in [6.07, 6.45) is 6.75. The predicted molar refractivity (Wildman–Crippen MR) is 94.5 cm³/mol.